The molecule has 0 heterocycles. The van der Waals surface area contributed by atoms with Crippen molar-refractivity contribution >= 4 is 5.78 Å². The van der Waals surface area contributed by atoms with Crippen molar-refractivity contribution in [1.29, 1.82) is 0 Å². The van der Waals surface area contributed by atoms with Crippen LogP contribution in [0.2, 0.25) is 0 Å². The van der Waals surface area contributed by atoms with Gasteiger partial charge in [-0.3, -0.25) is 4.79 Å². The van der Waals surface area contributed by atoms with Crippen molar-refractivity contribution in [3.63, 3.8) is 0 Å². The molecule has 0 aromatic carbocycles. The molecule has 0 amide bonds. The van der Waals surface area contributed by atoms with E-state index in [9.17, 15) is 9.90 Å². The highest BCUT2D eigenvalue weighted by molar-refractivity contribution is 5.94. The van der Waals surface area contributed by atoms with Gasteiger partial charge in [-0.25, -0.2) is 0 Å². The fourth-order valence-corrected chi connectivity index (χ4v) is 0.769. The molecular formula is C11H20O2. The zero-order valence-corrected chi connectivity index (χ0v) is 9.27. The predicted molar refractivity (Wildman–Crippen MR) is 54.5 cm³/mol. The van der Waals surface area contributed by atoms with Gasteiger partial charge in [0.05, 0.1) is 5.60 Å². The van der Waals surface area contributed by atoms with Crippen LogP contribution in [0.25, 0.3) is 0 Å². The number of hydrogen-bond acceptors (Lipinski definition) is 2. The molecular weight excluding hydrogens is 164 g/mol. The highest BCUT2D eigenvalue weighted by atomic mass is 16.3. The molecule has 0 radical (unpaired) electrons. The molecule has 0 bridgehead atoms. The third kappa shape index (κ3) is 3.31. The molecule has 1 N–H and O–H groups in total. The fourth-order valence-electron chi connectivity index (χ4n) is 0.769. The minimum absolute atomic E-state index is 0.0205. The maximum Gasteiger partial charge on any atom is 0.158 e. The molecule has 0 aliphatic rings. The summed E-state index contributed by atoms with van der Waals surface area (Å²) in [7, 11) is 0. The van der Waals surface area contributed by atoms with E-state index in [2.05, 4.69) is 6.58 Å². The van der Waals surface area contributed by atoms with Crippen LogP contribution in [0.4, 0.5) is 0 Å². The Labute approximate surface area is 80.7 Å². The second-order valence-electron chi connectivity index (χ2n) is 4.82. The molecule has 0 aliphatic carbocycles. The normalized spacial score (nSPS) is 12.8. The number of allylic oxidation sites excluding steroid dienone is 1. The SMILES string of the molecule is C=C(C)C(=O)CC(C)(C)C(C)(C)O. The molecule has 2 nitrogen and oxygen atoms in total. The molecule has 0 saturated carbocycles. The van der Waals surface area contributed by atoms with E-state index in [1.54, 1.807) is 20.8 Å². The molecule has 0 aliphatic heterocycles. The summed E-state index contributed by atoms with van der Waals surface area (Å²) in [4.78, 5) is 11.4. The van der Waals surface area contributed by atoms with Gasteiger partial charge in [0.2, 0.25) is 0 Å². The van der Waals surface area contributed by atoms with E-state index in [1.807, 2.05) is 13.8 Å². The topological polar surface area (TPSA) is 37.3 Å². The Balaban J connectivity index is 4.53. The standard InChI is InChI=1S/C11H20O2/c1-8(2)9(12)7-10(3,4)11(5,6)13/h13H,1,7H2,2-6H3. The van der Waals surface area contributed by atoms with Crippen molar-refractivity contribution in [2.45, 2.75) is 46.6 Å². The van der Waals surface area contributed by atoms with Gasteiger partial charge in [0.1, 0.15) is 0 Å². The average Bonchev–Trinajstić information content (AvgIpc) is 1.83. The molecule has 0 spiro atoms. The lowest BCUT2D eigenvalue weighted by Crippen LogP contribution is -2.40. The van der Waals surface area contributed by atoms with Gasteiger partial charge in [0.15, 0.2) is 5.78 Å². The van der Waals surface area contributed by atoms with Crippen LogP contribution >= 0.6 is 0 Å². The lowest BCUT2D eigenvalue weighted by molar-refractivity contribution is -0.122. The minimum Gasteiger partial charge on any atom is -0.390 e. The molecule has 0 atom stereocenters. The molecule has 0 aromatic heterocycles. The molecule has 13 heavy (non-hydrogen) atoms. The van der Waals surface area contributed by atoms with Crippen LogP contribution in [0.3, 0.4) is 0 Å². The Bertz CT molecular complexity index is 219. The largest absolute Gasteiger partial charge is 0.390 e. The van der Waals surface area contributed by atoms with Gasteiger partial charge in [-0.05, 0) is 26.3 Å². The van der Waals surface area contributed by atoms with Crippen LogP contribution in [0.1, 0.15) is 41.0 Å². The summed E-state index contributed by atoms with van der Waals surface area (Å²) < 4.78 is 0. The number of rotatable bonds is 4. The first-order valence-electron chi connectivity index (χ1n) is 4.49. The molecule has 0 unspecified atom stereocenters. The molecule has 0 fully saturated rings. The summed E-state index contributed by atoms with van der Waals surface area (Å²) in [5, 5.41) is 9.79. The highest BCUT2D eigenvalue weighted by Gasteiger charge is 2.36. The van der Waals surface area contributed by atoms with E-state index in [0.717, 1.165) is 0 Å². The van der Waals surface area contributed by atoms with Gasteiger partial charge < -0.3 is 5.11 Å². The summed E-state index contributed by atoms with van der Waals surface area (Å²) in [6.45, 7) is 12.5. The second-order valence-corrected chi connectivity index (χ2v) is 4.82. The van der Waals surface area contributed by atoms with Crippen molar-refractivity contribution in [1.82, 2.24) is 0 Å². The highest BCUT2D eigenvalue weighted by Crippen LogP contribution is 2.34. The van der Waals surface area contributed by atoms with Gasteiger partial charge in [0, 0.05) is 11.8 Å². The zero-order valence-electron chi connectivity index (χ0n) is 9.27. The van der Waals surface area contributed by atoms with E-state index >= 15 is 0 Å². The van der Waals surface area contributed by atoms with Gasteiger partial charge >= 0.3 is 0 Å². The molecule has 0 rings (SSSR count). The summed E-state index contributed by atoms with van der Waals surface area (Å²) in [5.41, 5.74) is -0.710. The number of Topliss-reactive ketones (excluding diaryl/α,β-unsaturated/α-hetero) is 1. The Morgan fingerprint density at radius 2 is 1.69 bits per heavy atom. The maximum absolute atomic E-state index is 11.4. The Morgan fingerprint density at radius 1 is 1.31 bits per heavy atom. The van der Waals surface area contributed by atoms with Crippen LogP contribution in [0, 0.1) is 5.41 Å². The molecule has 76 valence electrons. The number of hydrogen-bond donors (Lipinski definition) is 1. The van der Waals surface area contributed by atoms with Crippen LogP contribution in [-0.4, -0.2) is 16.5 Å². The summed E-state index contributed by atoms with van der Waals surface area (Å²) >= 11 is 0. The number of carbonyl (C=O) groups excluding carboxylic acids is 1. The first kappa shape index (κ1) is 12.4. The first-order valence-corrected chi connectivity index (χ1v) is 4.49. The van der Waals surface area contributed by atoms with Crippen LogP contribution in [0.15, 0.2) is 12.2 Å². The van der Waals surface area contributed by atoms with Crippen LogP contribution < -0.4 is 0 Å². The van der Waals surface area contributed by atoms with E-state index < -0.39 is 11.0 Å². The smallest absolute Gasteiger partial charge is 0.158 e. The summed E-state index contributed by atoms with van der Waals surface area (Å²) in [5.74, 6) is 0.0205. The lowest BCUT2D eigenvalue weighted by atomic mass is 9.73. The van der Waals surface area contributed by atoms with E-state index in [0.29, 0.717) is 12.0 Å². The Hall–Kier alpha value is -0.630. The Kier molecular flexibility index (Phi) is 3.45. The monoisotopic (exact) mass is 184 g/mol. The van der Waals surface area contributed by atoms with Gasteiger partial charge in [-0.2, -0.15) is 0 Å². The van der Waals surface area contributed by atoms with Crippen molar-refractivity contribution in [3.8, 4) is 0 Å². The third-order valence-corrected chi connectivity index (χ3v) is 2.73. The Morgan fingerprint density at radius 3 is 1.92 bits per heavy atom. The summed E-state index contributed by atoms with van der Waals surface area (Å²) in [6, 6.07) is 0. The third-order valence-electron chi connectivity index (χ3n) is 2.73. The molecule has 2 heteroatoms. The van der Waals surface area contributed by atoms with Gasteiger partial charge in [-0.1, -0.05) is 20.4 Å². The van der Waals surface area contributed by atoms with Crippen molar-refractivity contribution in [2.24, 2.45) is 5.41 Å². The van der Waals surface area contributed by atoms with Gasteiger partial charge in [-0.15, -0.1) is 0 Å². The molecule has 0 aromatic rings. The predicted octanol–water partition coefficient (Wildman–Crippen LogP) is 2.32. The minimum atomic E-state index is -0.849. The summed E-state index contributed by atoms with van der Waals surface area (Å²) in [6.07, 6.45) is 0.339. The van der Waals surface area contributed by atoms with E-state index in [-0.39, 0.29) is 5.78 Å². The van der Waals surface area contributed by atoms with E-state index in [4.69, 9.17) is 0 Å². The first-order chi connectivity index (χ1) is 5.58. The van der Waals surface area contributed by atoms with Crippen molar-refractivity contribution < 1.29 is 9.90 Å². The van der Waals surface area contributed by atoms with Crippen LogP contribution in [-0.2, 0) is 4.79 Å². The zero-order chi connectivity index (χ0) is 10.9. The maximum atomic E-state index is 11.4. The van der Waals surface area contributed by atoms with Crippen LogP contribution in [0.5, 0.6) is 0 Å². The number of carbonyl (C=O) groups is 1. The lowest BCUT2D eigenvalue weighted by Gasteiger charge is -2.36. The van der Waals surface area contributed by atoms with Crippen molar-refractivity contribution in [3.05, 3.63) is 12.2 Å². The fraction of sp³-hybridized carbons (Fsp3) is 0.727. The second kappa shape index (κ2) is 3.62. The van der Waals surface area contributed by atoms with E-state index in [1.165, 1.54) is 0 Å². The van der Waals surface area contributed by atoms with Crippen molar-refractivity contribution in [2.75, 3.05) is 0 Å². The average molecular weight is 184 g/mol. The quantitative estimate of drug-likeness (QED) is 0.681. The number of ketones is 1. The van der Waals surface area contributed by atoms with Gasteiger partial charge in [0.25, 0.3) is 0 Å². The number of aliphatic hydroxyl groups is 1. The molecule has 0 saturated heterocycles.